The summed E-state index contributed by atoms with van der Waals surface area (Å²) in [6.07, 6.45) is 0. The number of nitrogens with one attached hydrogen (secondary N) is 3. The maximum atomic E-state index is 14.4. The van der Waals surface area contributed by atoms with Gasteiger partial charge in [0.25, 0.3) is 5.91 Å². The molecule has 34 heavy (non-hydrogen) atoms. The fourth-order valence-corrected chi connectivity index (χ4v) is 3.72. The molecule has 2 aromatic carbocycles. The van der Waals surface area contributed by atoms with Crippen LogP contribution in [0.3, 0.4) is 0 Å². The van der Waals surface area contributed by atoms with Gasteiger partial charge in [0.15, 0.2) is 16.6 Å². The van der Waals surface area contributed by atoms with Gasteiger partial charge >= 0.3 is 0 Å². The van der Waals surface area contributed by atoms with Crippen molar-refractivity contribution in [1.82, 2.24) is 15.5 Å². The van der Waals surface area contributed by atoms with Crippen LogP contribution in [0.2, 0.25) is 0 Å². The monoisotopic (exact) mass is 479 g/mol. The first kappa shape index (κ1) is 22.8. The van der Waals surface area contributed by atoms with Gasteiger partial charge in [0.2, 0.25) is 11.8 Å². The number of carbonyl (C=O) groups is 3. The molecule has 0 radical (unpaired) electrons. The van der Waals surface area contributed by atoms with Crippen molar-refractivity contribution in [2.75, 3.05) is 17.2 Å². The Labute approximate surface area is 197 Å². The third kappa shape index (κ3) is 5.51. The molecule has 11 heteroatoms. The third-order valence-electron chi connectivity index (χ3n) is 4.53. The topological polar surface area (TPSA) is 126 Å². The maximum Gasteiger partial charge on any atom is 0.273 e. The number of nitrogens with zero attached hydrogens (tertiary/aromatic N) is 2. The number of anilines is 2. The second-order valence-corrected chi connectivity index (χ2v) is 7.95. The molecule has 3 amide bonds. The zero-order chi connectivity index (χ0) is 24.1. The lowest BCUT2D eigenvalue weighted by Gasteiger charge is -2.05. The summed E-state index contributed by atoms with van der Waals surface area (Å²) in [4.78, 5) is 39.8. The SMILES string of the molecule is CC(=O)Nc1ccc(-c2csc(NC(=O)CNC(=O)c3cc(-c4ccccc4)on3)n2)c(F)c1. The summed E-state index contributed by atoms with van der Waals surface area (Å²) in [6.45, 7) is 1.01. The Morgan fingerprint density at radius 1 is 1.06 bits per heavy atom. The number of benzene rings is 2. The normalized spacial score (nSPS) is 10.5. The Balaban J connectivity index is 1.32. The molecule has 4 aromatic rings. The molecule has 0 unspecified atom stereocenters. The molecule has 0 aliphatic carbocycles. The van der Waals surface area contributed by atoms with Gasteiger partial charge in [-0.25, -0.2) is 9.37 Å². The number of hydrogen-bond acceptors (Lipinski definition) is 7. The molecule has 0 spiro atoms. The Bertz CT molecular complexity index is 1350. The van der Waals surface area contributed by atoms with Crippen molar-refractivity contribution >= 4 is 39.9 Å². The van der Waals surface area contributed by atoms with E-state index in [0.717, 1.165) is 16.9 Å². The van der Waals surface area contributed by atoms with E-state index in [2.05, 4.69) is 26.1 Å². The lowest BCUT2D eigenvalue weighted by Crippen LogP contribution is -2.33. The predicted octanol–water partition coefficient (Wildman–Crippen LogP) is 3.93. The summed E-state index contributed by atoms with van der Waals surface area (Å²) >= 11 is 1.11. The Hall–Kier alpha value is -4.38. The van der Waals surface area contributed by atoms with Crippen LogP contribution < -0.4 is 16.0 Å². The van der Waals surface area contributed by atoms with E-state index in [-0.39, 0.29) is 28.8 Å². The van der Waals surface area contributed by atoms with Crippen LogP contribution in [0.1, 0.15) is 17.4 Å². The van der Waals surface area contributed by atoms with E-state index in [0.29, 0.717) is 17.1 Å². The molecule has 0 aliphatic heterocycles. The number of thiazole rings is 1. The van der Waals surface area contributed by atoms with Crippen LogP contribution in [0, 0.1) is 5.82 Å². The van der Waals surface area contributed by atoms with E-state index in [1.54, 1.807) is 11.4 Å². The molecule has 2 aromatic heterocycles. The second kappa shape index (κ2) is 10.0. The first-order chi connectivity index (χ1) is 16.4. The summed E-state index contributed by atoms with van der Waals surface area (Å²) in [5.74, 6) is -1.52. The second-order valence-electron chi connectivity index (χ2n) is 7.09. The van der Waals surface area contributed by atoms with Gasteiger partial charge in [-0.15, -0.1) is 11.3 Å². The summed E-state index contributed by atoms with van der Waals surface area (Å²) in [5.41, 5.74) is 1.69. The Kier molecular flexibility index (Phi) is 6.74. The maximum absolute atomic E-state index is 14.4. The molecule has 3 N–H and O–H groups in total. The average molecular weight is 479 g/mol. The highest BCUT2D eigenvalue weighted by Crippen LogP contribution is 2.28. The van der Waals surface area contributed by atoms with Gasteiger partial charge in [-0.05, 0) is 18.2 Å². The zero-order valence-corrected chi connectivity index (χ0v) is 18.6. The quantitative estimate of drug-likeness (QED) is 0.369. The molecular formula is C23H18FN5O4S. The van der Waals surface area contributed by atoms with Crippen LogP contribution in [0.25, 0.3) is 22.6 Å². The lowest BCUT2D eigenvalue weighted by molar-refractivity contribution is -0.115. The van der Waals surface area contributed by atoms with E-state index >= 15 is 0 Å². The van der Waals surface area contributed by atoms with E-state index in [9.17, 15) is 18.8 Å². The number of amides is 3. The summed E-state index contributed by atoms with van der Waals surface area (Å²) < 4.78 is 19.6. The van der Waals surface area contributed by atoms with Gasteiger partial charge in [-0.1, -0.05) is 35.5 Å². The van der Waals surface area contributed by atoms with E-state index < -0.39 is 17.6 Å². The minimum absolute atomic E-state index is 0.0429. The predicted molar refractivity (Wildman–Crippen MR) is 125 cm³/mol. The summed E-state index contributed by atoms with van der Waals surface area (Å²) in [7, 11) is 0. The fraction of sp³-hybridized carbons (Fsp3) is 0.0870. The summed E-state index contributed by atoms with van der Waals surface area (Å²) in [5, 5.41) is 13.1. The van der Waals surface area contributed by atoms with Crippen molar-refractivity contribution in [2.24, 2.45) is 0 Å². The van der Waals surface area contributed by atoms with Crippen LogP contribution >= 0.6 is 11.3 Å². The molecule has 0 atom stereocenters. The van der Waals surface area contributed by atoms with Crippen molar-refractivity contribution in [2.45, 2.75) is 6.92 Å². The minimum atomic E-state index is -0.567. The van der Waals surface area contributed by atoms with Crippen molar-refractivity contribution in [3.8, 4) is 22.6 Å². The highest BCUT2D eigenvalue weighted by molar-refractivity contribution is 7.14. The van der Waals surface area contributed by atoms with Crippen LogP contribution in [0.4, 0.5) is 15.2 Å². The molecule has 9 nitrogen and oxygen atoms in total. The number of rotatable bonds is 7. The van der Waals surface area contributed by atoms with Gasteiger partial charge < -0.3 is 20.5 Å². The van der Waals surface area contributed by atoms with Crippen molar-refractivity contribution < 1.29 is 23.3 Å². The van der Waals surface area contributed by atoms with Gasteiger partial charge in [-0.2, -0.15) is 0 Å². The van der Waals surface area contributed by atoms with Gasteiger partial charge in [-0.3, -0.25) is 14.4 Å². The minimum Gasteiger partial charge on any atom is -0.355 e. The standard InChI is InChI=1S/C23H18FN5O4S/c1-13(30)26-15-7-8-16(17(24)9-15)19-12-34-23(27-19)28-21(31)11-25-22(32)18-10-20(33-29-18)14-5-3-2-4-6-14/h2-10,12H,11H2,1H3,(H,25,32)(H,26,30)(H,27,28,31). The molecule has 4 rings (SSSR count). The molecule has 0 aliphatic rings. The van der Waals surface area contributed by atoms with E-state index in [4.69, 9.17) is 4.52 Å². The van der Waals surface area contributed by atoms with E-state index in [1.165, 1.54) is 25.1 Å². The van der Waals surface area contributed by atoms with Crippen molar-refractivity contribution in [3.05, 3.63) is 71.5 Å². The molecule has 0 fully saturated rings. The van der Waals surface area contributed by atoms with Crippen LogP contribution in [0.15, 0.2) is 64.5 Å². The van der Waals surface area contributed by atoms with Crippen LogP contribution in [-0.2, 0) is 9.59 Å². The number of halogens is 1. The van der Waals surface area contributed by atoms with Gasteiger partial charge in [0, 0.05) is 35.2 Å². The van der Waals surface area contributed by atoms with Crippen LogP contribution in [0.5, 0.6) is 0 Å². The molecule has 0 saturated carbocycles. The highest BCUT2D eigenvalue weighted by atomic mass is 32.1. The molecule has 2 heterocycles. The van der Waals surface area contributed by atoms with Crippen molar-refractivity contribution in [1.29, 1.82) is 0 Å². The number of hydrogen-bond donors (Lipinski definition) is 3. The Morgan fingerprint density at radius 3 is 2.59 bits per heavy atom. The number of aromatic nitrogens is 2. The first-order valence-corrected chi connectivity index (χ1v) is 10.9. The molecule has 172 valence electrons. The van der Waals surface area contributed by atoms with Crippen LogP contribution in [-0.4, -0.2) is 34.4 Å². The zero-order valence-electron chi connectivity index (χ0n) is 17.8. The lowest BCUT2D eigenvalue weighted by atomic mass is 10.1. The number of carbonyl (C=O) groups excluding carboxylic acids is 3. The third-order valence-corrected chi connectivity index (χ3v) is 5.28. The largest absolute Gasteiger partial charge is 0.355 e. The van der Waals surface area contributed by atoms with Gasteiger partial charge in [0.1, 0.15) is 5.82 Å². The average Bonchev–Trinajstić information content (AvgIpc) is 3.48. The Morgan fingerprint density at radius 2 is 1.85 bits per heavy atom. The smallest absolute Gasteiger partial charge is 0.273 e. The molecular weight excluding hydrogens is 461 g/mol. The molecule has 0 bridgehead atoms. The van der Waals surface area contributed by atoms with Crippen molar-refractivity contribution in [3.63, 3.8) is 0 Å². The fourth-order valence-electron chi connectivity index (χ4n) is 2.99. The van der Waals surface area contributed by atoms with Gasteiger partial charge in [0.05, 0.1) is 12.2 Å². The highest BCUT2D eigenvalue weighted by Gasteiger charge is 2.16. The summed E-state index contributed by atoms with van der Waals surface area (Å²) in [6, 6.07) is 14.9. The first-order valence-electron chi connectivity index (χ1n) is 10.0. The molecule has 0 saturated heterocycles. The van der Waals surface area contributed by atoms with E-state index in [1.807, 2.05) is 30.3 Å².